The van der Waals surface area contributed by atoms with Crippen LogP contribution in [0.1, 0.15) is 12.8 Å². The number of rotatable bonds is 1. The number of aliphatic hydroxyl groups excluding tert-OH is 1. The summed E-state index contributed by atoms with van der Waals surface area (Å²) >= 11 is 0. The number of carbonyl (C=O) groups is 1. The summed E-state index contributed by atoms with van der Waals surface area (Å²) in [6.07, 6.45) is 0.747. The minimum atomic E-state index is -0.538. The minimum absolute atomic E-state index is 0.295. The van der Waals surface area contributed by atoms with Crippen molar-refractivity contribution >= 4 is 5.97 Å². The van der Waals surface area contributed by atoms with Crippen LogP contribution in [-0.4, -0.2) is 30.5 Å². The fraction of sp³-hybridized carbons (Fsp3) is 0.833. The summed E-state index contributed by atoms with van der Waals surface area (Å²) in [5.41, 5.74) is 0. The zero-order valence-corrected chi connectivity index (χ0v) is 5.83. The minimum Gasteiger partial charge on any atom is -0.468 e. The molecule has 1 saturated heterocycles. The summed E-state index contributed by atoms with van der Waals surface area (Å²) < 4.78 is 4.47. The predicted molar refractivity (Wildman–Crippen MR) is 34.2 cm³/mol. The fourth-order valence-corrected chi connectivity index (χ4v) is 1.05. The first-order valence-corrected chi connectivity index (χ1v) is 3.26. The Morgan fingerprint density at radius 3 is 2.80 bits per heavy atom. The van der Waals surface area contributed by atoms with Gasteiger partial charge in [-0.2, -0.15) is 0 Å². The van der Waals surface area contributed by atoms with Gasteiger partial charge in [-0.15, -0.1) is 0 Å². The molecule has 0 aromatic rings. The summed E-state index contributed by atoms with van der Waals surface area (Å²) in [5.74, 6) is -0.295. The van der Waals surface area contributed by atoms with Crippen LogP contribution < -0.4 is 5.32 Å². The molecular weight excluding hydrogens is 134 g/mol. The van der Waals surface area contributed by atoms with E-state index in [1.807, 2.05) is 0 Å². The standard InChI is InChI=1S/C6H11NO3/c1-10-6(9)4-2-3-5(8)7-4/h4-5,7-8H,2-3H2,1H3. The lowest BCUT2D eigenvalue weighted by molar-refractivity contribution is -0.143. The average molecular weight is 145 g/mol. The van der Waals surface area contributed by atoms with E-state index in [4.69, 9.17) is 5.11 Å². The highest BCUT2D eigenvalue weighted by Gasteiger charge is 2.27. The Bertz CT molecular complexity index is 137. The third kappa shape index (κ3) is 1.46. The van der Waals surface area contributed by atoms with E-state index in [9.17, 15) is 4.79 Å². The molecule has 1 heterocycles. The molecular formula is C6H11NO3. The smallest absolute Gasteiger partial charge is 0.322 e. The molecule has 1 aliphatic rings. The molecule has 0 aliphatic carbocycles. The Morgan fingerprint density at radius 1 is 1.70 bits per heavy atom. The monoisotopic (exact) mass is 145 g/mol. The molecule has 1 rings (SSSR count). The number of aliphatic hydroxyl groups is 1. The maximum absolute atomic E-state index is 10.8. The van der Waals surface area contributed by atoms with Gasteiger partial charge in [-0.3, -0.25) is 10.1 Å². The van der Waals surface area contributed by atoms with Gasteiger partial charge < -0.3 is 9.84 Å². The number of esters is 1. The van der Waals surface area contributed by atoms with Crippen molar-refractivity contribution in [2.45, 2.75) is 25.1 Å². The van der Waals surface area contributed by atoms with Gasteiger partial charge in [0.2, 0.25) is 0 Å². The molecule has 0 radical (unpaired) electrons. The van der Waals surface area contributed by atoms with E-state index in [-0.39, 0.29) is 12.0 Å². The summed E-state index contributed by atoms with van der Waals surface area (Å²) in [5, 5.41) is 11.6. The molecule has 2 N–H and O–H groups in total. The van der Waals surface area contributed by atoms with Crippen molar-refractivity contribution < 1.29 is 14.6 Å². The van der Waals surface area contributed by atoms with E-state index < -0.39 is 6.23 Å². The first kappa shape index (κ1) is 7.50. The maximum atomic E-state index is 10.8. The topological polar surface area (TPSA) is 58.6 Å². The largest absolute Gasteiger partial charge is 0.468 e. The highest BCUT2D eigenvalue weighted by atomic mass is 16.5. The van der Waals surface area contributed by atoms with E-state index in [0.717, 1.165) is 0 Å². The van der Waals surface area contributed by atoms with Gasteiger partial charge in [0.1, 0.15) is 12.3 Å². The van der Waals surface area contributed by atoms with Crippen molar-refractivity contribution in [3.8, 4) is 0 Å². The fourth-order valence-electron chi connectivity index (χ4n) is 1.05. The van der Waals surface area contributed by atoms with E-state index in [1.54, 1.807) is 0 Å². The molecule has 2 unspecified atom stereocenters. The third-order valence-corrected chi connectivity index (χ3v) is 1.61. The van der Waals surface area contributed by atoms with Gasteiger partial charge in [-0.1, -0.05) is 0 Å². The van der Waals surface area contributed by atoms with Gasteiger partial charge in [0.15, 0.2) is 0 Å². The molecule has 4 heteroatoms. The number of ether oxygens (including phenoxy) is 1. The van der Waals surface area contributed by atoms with Crippen LogP contribution in [0.2, 0.25) is 0 Å². The van der Waals surface area contributed by atoms with Crippen LogP contribution in [0.3, 0.4) is 0 Å². The Balaban J connectivity index is 2.37. The van der Waals surface area contributed by atoms with Crippen LogP contribution in [0, 0.1) is 0 Å². The molecule has 1 aliphatic heterocycles. The molecule has 1 fully saturated rings. The first-order valence-electron chi connectivity index (χ1n) is 3.26. The molecule has 0 spiro atoms. The lowest BCUT2D eigenvalue weighted by atomic mass is 10.2. The van der Waals surface area contributed by atoms with Crippen LogP contribution in [0.5, 0.6) is 0 Å². The molecule has 2 atom stereocenters. The van der Waals surface area contributed by atoms with Crippen LogP contribution in [-0.2, 0) is 9.53 Å². The second kappa shape index (κ2) is 2.98. The second-order valence-corrected chi connectivity index (χ2v) is 2.34. The van der Waals surface area contributed by atoms with E-state index in [0.29, 0.717) is 12.8 Å². The SMILES string of the molecule is COC(=O)C1CCC(O)N1. The molecule has 58 valence electrons. The molecule has 10 heavy (non-hydrogen) atoms. The van der Waals surface area contributed by atoms with Gasteiger partial charge in [-0.05, 0) is 12.8 Å². The summed E-state index contributed by atoms with van der Waals surface area (Å²) in [4.78, 5) is 10.8. The van der Waals surface area contributed by atoms with E-state index >= 15 is 0 Å². The molecule has 0 bridgehead atoms. The summed E-state index contributed by atoms with van der Waals surface area (Å²) in [6.45, 7) is 0. The van der Waals surface area contributed by atoms with Crippen molar-refractivity contribution in [2.24, 2.45) is 0 Å². The Hall–Kier alpha value is -0.610. The van der Waals surface area contributed by atoms with E-state index in [2.05, 4.69) is 10.1 Å². The first-order chi connectivity index (χ1) is 4.74. The molecule has 0 aromatic heterocycles. The van der Waals surface area contributed by atoms with Crippen molar-refractivity contribution in [2.75, 3.05) is 7.11 Å². The van der Waals surface area contributed by atoms with Crippen LogP contribution >= 0.6 is 0 Å². The molecule has 0 aromatic carbocycles. The number of nitrogens with one attached hydrogen (secondary N) is 1. The Kier molecular flexibility index (Phi) is 2.24. The van der Waals surface area contributed by atoms with Crippen LogP contribution in [0.15, 0.2) is 0 Å². The van der Waals surface area contributed by atoms with Crippen molar-refractivity contribution in [3.63, 3.8) is 0 Å². The quantitative estimate of drug-likeness (QED) is 0.476. The van der Waals surface area contributed by atoms with E-state index in [1.165, 1.54) is 7.11 Å². The summed E-state index contributed by atoms with van der Waals surface area (Å²) in [7, 11) is 1.34. The number of hydrogen-bond donors (Lipinski definition) is 2. The van der Waals surface area contributed by atoms with Gasteiger partial charge in [0.25, 0.3) is 0 Å². The normalized spacial score (nSPS) is 32.2. The number of methoxy groups -OCH3 is 1. The van der Waals surface area contributed by atoms with Crippen molar-refractivity contribution in [1.82, 2.24) is 5.32 Å². The Labute approximate surface area is 59.2 Å². The van der Waals surface area contributed by atoms with Gasteiger partial charge in [-0.25, -0.2) is 0 Å². The molecule has 4 nitrogen and oxygen atoms in total. The summed E-state index contributed by atoms with van der Waals surface area (Å²) in [6, 6.07) is -0.306. The lowest BCUT2D eigenvalue weighted by Crippen LogP contribution is -2.35. The number of carbonyl (C=O) groups excluding carboxylic acids is 1. The third-order valence-electron chi connectivity index (χ3n) is 1.61. The van der Waals surface area contributed by atoms with Gasteiger partial charge in [0, 0.05) is 0 Å². The highest BCUT2D eigenvalue weighted by Crippen LogP contribution is 2.10. The predicted octanol–water partition coefficient (Wildman–Crippen LogP) is -0.770. The van der Waals surface area contributed by atoms with Crippen LogP contribution in [0.4, 0.5) is 0 Å². The lowest BCUT2D eigenvalue weighted by Gasteiger charge is -2.07. The van der Waals surface area contributed by atoms with Gasteiger partial charge in [0.05, 0.1) is 7.11 Å². The van der Waals surface area contributed by atoms with Gasteiger partial charge >= 0.3 is 5.97 Å². The zero-order chi connectivity index (χ0) is 7.56. The second-order valence-electron chi connectivity index (χ2n) is 2.34. The van der Waals surface area contributed by atoms with Crippen molar-refractivity contribution in [3.05, 3.63) is 0 Å². The zero-order valence-electron chi connectivity index (χ0n) is 5.83. The number of hydrogen-bond acceptors (Lipinski definition) is 4. The van der Waals surface area contributed by atoms with Crippen LogP contribution in [0.25, 0.3) is 0 Å². The van der Waals surface area contributed by atoms with Crippen molar-refractivity contribution in [1.29, 1.82) is 0 Å². The average Bonchev–Trinajstić information content (AvgIpc) is 2.34. The Morgan fingerprint density at radius 2 is 2.40 bits per heavy atom. The molecule has 0 saturated carbocycles. The maximum Gasteiger partial charge on any atom is 0.322 e. The molecule has 0 amide bonds. The highest BCUT2D eigenvalue weighted by molar-refractivity contribution is 5.75.